The molecule has 1 N–H and O–H groups in total. The van der Waals surface area contributed by atoms with Gasteiger partial charge in [0, 0.05) is 36.0 Å². The quantitative estimate of drug-likeness (QED) is 0.345. The van der Waals surface area contributed by atoms with E-state index in [-0.39, 0.29) is 24.2 Å². The number of halogens is 1. The Balaban J connectivity index is 1.37. The summed E-state index contributed by atoms with van der Waals surface area (Å²) in [5.41, 5.74) is 1.88. The number of aromatic nitrogens is 2. The smallest absolute Gasteiger partial charge is 0.227 e. The van der Waals surface area contributed by atoms with Crippen LogP contribution in [-0.2, 0) is 16.0 Å². The van der Waals surface area contributed by atoms with Crippen molar-refractivity contribution in [2.75, 3.05) is 32.6 Å². The van der Waals surface area contributed by atoms with E-state index in [4.69, 9.17) is 21.1 Å². The fraction of sp³-hybridized carbons (Fsp3) is 0.407. The summed E-state index contributed by atoms with van der Waals surface area (Å²) in [4.78, 5) is 27.8. The molecule has 0 bridgehead atoms. The number of rotatable bonds is 11. The molecule has 1 aliphatic carbocycles. The number of methoxy groups -OCH3 is 2. The van der Waals surface area contributed by atoms with Gasteiger partial charge >= 0.3 is 0 Å². The highest BCUT2D eigenvalue weighted by Gasteiger charge is 2.27. The summed E-state index contributed by atoms with van der Waals surface area (Å²) >= 11 is 7.35. The zero-order valence-electron chi connectivity index (χ0n) is 21.0. The lowest BCUT2D eigenvalue weighted by Crippen LogP contribution is -2.38. The van der Waals surface area contributed by atoms with Crippen LogP contribution in [0.2, 0.25) is 5.02 Å². The first-order valence-corrected chi connectivity index (χ1v) is 13.5. The van der Waals surface area contributed by atoms with Gasteiger partial charge < -0.3 is 19.7 Å². The van der Waals surface area contributed by atoms with Crippen LogP contribution in [0.4, 0.5) is 5.13 Å². The molecule has 1 heterocycles. The largest absolute Gasteiger partial charge is 0.493 e. The van der Waals surface area contributed by atoms with Gasteiger partial charge in [0.2, 0.25) is 16.9 Å². The summed E-state index contributed by atoms with van der Waals surface area (Å²) < 4.78 is 10.7. The van der Waals surface area contributed by atoms with Crippen LogP contribution >= 0.6 is 22.9 Å². The van der Waals surface area contributed by atoms with Gasteiger partial charge in [0.15, 0.2) is 11.5 Å². The van der Waals surface area contributed by atoms with E-state index in [0.717, 1.165) is 36.8 Å². The Hall–Kier alpha value is -3.17. The molecular formula is C27H31ClN4O4S. The molecule has 0 saturated heterocycles. The van der Waals surface area contributed by atoms with Gasteiger partial charge in [-0.2, -0.15) is 0 Å². The van der Waals surface area contributed by atoms with E-state index >= 15 is 0 Å². The van der Waals surface area contributed by atoms with Crippen LogP contribution in [0.3, 0.4) is 0 Å². The summed E-state index contributed by atoms with van der Waals surface area (Å²) in [5.74, 6) is 1.28. The molecule has 2 amide bonds. The zero-order chi connectivity index (χ0) is 26.2. The van der Waals surface area contributed by atoms with Crippen LogP contribution in [0.1, 0.15) is 37.7 Å². The second-order valence-corrected chi connectivity index (χ2v) is 10.4. The second-order valence-electron chi connectivity index (χ2n) is 8.97. The standard InChI is InChI=1S/C27H31ClN4O4S/c1-35-22-11-10-18(16-23(22)36-2)12-14-32(26(34)19-6-3-4-7-19)15-13-24(33)29-27-31-30-25(37-27)20-8-5-9-21(28)17-20/h5,8-11,16-17,19H,3-4,6-7,12-15H2,1-2H3,(H,29,31,33). The van der Waals surface area contributed by atoms with Crippen LogP contribution in [0, 0.1) is 5.92 Å². The number of nitrogens with one attached hydrogen (secondary N) is 1. The number of ether oxygens (including phenoxy) is 2. The lowest BCUT2D eigenvalue weighted by Gasteiger charge is -2.25. The normalized spacial score (nSPS) is 13.4. The number of hydrogen-bond donors (Lipinski definition) is 1. The van der Waals surface area contributed by atoms with Crippen molar-refractivity contribution < 1.29 is 19.1 Å². The third-order valence-electron chi connectivity index (χ3n) is 6.49. The van der Waals surface area contributed by atoms with Gasteiger partial charge in [-0.25, -0.2) is 0 Å². The van der Waals surface area contributed by atoms with Gasteiger partial charge in [-0.1, -0.05) is 54.0 Å². The Morgan fingerprint density at radius 3 is 2.57 bits per heavy atom. The van der Waals surface area contributed by atoms with Crippen LogP contribution < -0.4 is 14.8 Å². The average molecular weight is 543 g/mol. The van der Waals surface area contributed by atoms with Crippen molar-refractivity contribution in [2.45, 2.75) is 38.5 Å². The zero-order valence-corrected chi connectivity index (χ0v) is 22.6. The Bertz CT molecular complexity index is 1230. The first-order chi connectivity index (χ1) is 18.0. The van der Waals surface area contributed by atoms with Gasteiger partial charge in [0.25, 0.3) is 0 Å². The summed E-state index contributed by atoms with van der Waals surface area (Å²) in [5, 5.41) is 12.8. The average Bonchev–Trinajstić information content (AvgIpc) is 3.61. The topological polar surface area (TPSA) is 93.6 Å². The van der Waals surface area contributed by atoms with Gasteiger partial charge in [0.1, 0.15) is 5.01 Å². The predicted molar refractivity (Wildman–Crippen MR) is 145 cm³/mol. The summed E-state index contributed by atoms with van der Waals surface area (Å²) in [7, 11) is 3.20. The monoisotopic (exact) mass is 542 g/mol. The second kappa shape index (κ2) is 12.9. The fourth-order valence-corrected chi connectivity index (χ4v) is 5.44. The molecule has 0 unspecified atom stereocenters. The maximum Gasteiger partial charge on any atom is 0.227 e. The number of amides is 2. The molecule has 1 aliphatic rings. The van der Waals surface area contributed by atoms with Crippen molar-refractivity contribution in [1.29, 1.82) is 0 Å². The van der Waals surface area contributed by atoms with E-state index in [1.54, 1.807) is 26.4 Å². The lowest BCUT2D eigenvalue weighted by molar-refractivity contribution is -0.135. The van der Waals surface area contributed by atoms with Crippen molar-refractivity contribution in [3.05, 3.63) is 53.1 Å². The Morgan fingerprint density at radius 1 is 1.05 bits per heavy atom. The summed E-state index contributed by atoms with van der Waals surface area (Å²) in [6, 6.07) is 13.1. The van der Waals surface area contributed by atoms with Crippen LogP contribution in [0.15, 0.2) is 42.5 Å². The molecule has 1 saturated carbocycles. The third-order valence-corrected chi connectivity index (χ3v) is 7.61. The van der Waals surface area contributed by atoms with Crippen LogP contribution in [-0.4, -0.2) is 54.2 Å². The molecule has 0 atom stereocenters. The molecule has 1 aromatic heterocycles. The highest BCUT2D eigenvalue weighted by molar-refractivity contribution is 7.18. The highest BCUT2D eigenvalue weighted by Crippen LogP contribution is 2.30. The van der Waals surface area contributed by atoms with Gasteiger partial charge in [-0.05, 0) is 49.1 Å². The molecule has 0 aliphatic heterocycles. The predicted octanol–water partition coefficient (Wildman–Crippen LogP) is 5.47. The summed E-state index contributed by atoms with van der Waals surface area (Å²) in [6.45, 7) is 0.865. The van der Waals surface area contributed by atoms with E-state index in [1.165, 1.54) is 11.3 Å². The minimum atomic E-state index is -0.205. The van der Waals surface area contributed by atoms with Crippen molar-refractivity contribution in [1.82, 2.24) is 15.1 Å². The first-order valence-electron chi connectivity index (χ1n) is 12.4. The number of nitrogens with zero attached hydrogens (tertiary/aromatic N) is 3. The molecule has 37 heavy (non-hydrogen) atoms. The fourth-order valence-electron chi connectivity index (χ4n) is 4.49. The maximum atomic E-state index is 13.3. The molecule has 2 aromatic carbocycles. The van der Waals surface area contributed by atoms with Gasteiger partial charge in [-0.3, -0.25) is 9.59 Å². The number of carbonyl (C=O) groups excluding carboxylic acids is 2. The van der Waals surface area contributed by atoms with Crippen molar-refractivity contribution in [2.24, 2.45) is 5.92 Å². The summed E-state index contributed by atoms with van der Waals surface area (Å²) in [6.07, 6.45) is 4.80. The molecule has 4 rings (SSSR count). The van der Waals surface area contributed by atoms with Crippen LogP contribution in [0.25, 0.3) is 10.6 Å². The lowest BCUT2D eigenvalue weighted by atomic mass is 10.1. The first kappa shape index (κ1) is 26.9. The van der Waals surface area contributed by atoms with E-state index in [1.807, 2.05) is 35.2 Å². The van der Waals surface area contributed by atoms with Gasteiger partial charge in [0.05, 0.1) is 14.2 Å². The number of anilines is 1. The SMILES string of the molecule is COc1ccc(CCN(CCC(=O)Nc2nnc(-c3cccc(Cl)c3)s2)C(=O)C2CCCC2)cc1OC. The van der Waals surface area contributed by atoms with Gasteiger partial charge in [-0.15, -0.1) is 10.2 Å². The van der Waals surface area contributed by atoms with Crippen molar-refractivity contribution in [3.63, 3.8) is 0 Å². The van der Waals surface area contributed by atoms with E-state index in [0.29, 0.717) is 46.2 Å². The molecule has 10 heteroatoms. The molecule has 0 radical (unpaired) electrons. The Kier molecular flexibility index (Phi) is 9.35. The van der Waals surface area contributed by atoms with Crippen molar-refractivity contribution in [3.8, 4) is 22.1 Å². The minimum absolute atomic E-state index is 0.0388. The Morgan fingerprint density at radius 2 is 1.84 bits per heavy atom. The van der Waals surface area contributed by atoms with E-state index in [2.05, 4.69) is 15.5 Å². The number of benzene rings is 2. The number of carbonyl (C=O) groups is 2. The third kappa shape index (κ3) is 7.20. The molecule has 0 spiro atoms. The van der Waals surface area contributed by atoms with E-state index in [9.17, 15) is 9.59 Å². The van der Waals surface area contributed by atoms with Crippen molar-refractivity contribution >= 4 is 39.9 Å². The molecule has 196 valence electrons. The molecule has 1 fully saturated rings. The van der Waals surface area contributed by atoms with Crippen LogP contribution in [0.5, 0.6) is 11.5 Å². The maximum absolute atomic E-state index is 13.3. The molecular weight excluding hydrogens is 512 g/mol. The molecule has 8 nitrogen and oxygen atoms in total. The van der Waals surface area contributed by atoms with E-state index < -0.39 is 0 Å². The molecule has 3 aromatic rings. The number of hydrogen-bond acceptors (Lipinski definition) is 7. The minimum Gasteiger partial charge on any atom is -0.493 e. The highest BCUT2D eigenvalue weighted by atomic mass is 35.5. The Labute approximate surface area is 225 Å².